The third-order valence-corrected chi connectivity index (χ3v) is 5.26. The van der Waals surface area contributed by atoms with Gasteiger partial charge in [0.25, 0.3) is 0 Å². The Morgan fingerprint density at radius 3 is 2.73 bits per heavy atom. The number of nitrogens with zero attached hydrogens (tertiary/aromatic N) is 6. The molecule has 3 rings (SSSR count). The van der Waals surface area contributed by atoms with Gasteiger partial charge in [0, 0.05) is 14.2 Å². The SMILES string of the molecule is COC1COC(C)(Cn2ncnc2SSc2ncnn2C)O1. The highest BCUT2D eigenvalue weighted by Gasteiger charge is 2.38. The van der Waals surface area contributed by atoms with Gasteiger partial charge in [-0.15, -0.1) is 0 Å². The molecule has 0 N–H and O–H groups in total. The van der Waals surface area contributed by atoms with Crippen LogP contribution in [0, 0.1) is 0 Å². The molecular formula is C11H16N6O3S2. The first-order valence-corrected chi connectivity index (χ1v) is 8.65. The Kier molecular flexibility index (Phi) is 4.68. The lowest BCUT2D eigenvalue weighted by Gasteiger charge is -2.23. The first-order chi connectivity index (χ1) is 10.6. The molecule has 0 aromatic carbocycles. The molecule has 0 bridgehead atoms. The van der Waals surface area contributed by atoms with Crippen LogP contribution in [0.15, 0.2) is 23.0 Å². The van der Waals surface area contributed by atoms with E-state index in [0.29, 0.717) is 13.2 Å². The van der Waals surface area contributed by atoms with Crippen molar-refractivity contribution in [2.75, 3.05) is 13.7 Å². The second-order valence-corrected chi connectivity index (χ2v) is 6.82. The molecule has 9 nitrogen and oxygen atoms in total. The van der Waals surface area contributed by atoms with Crippen LogP contribution < -0.4 is 0 Å². The number of rotatable bonds is 6. The fourth-order valence-electron chi connectivity index (χ4n) is 1.92. The molecule has 0 spiro atoms. The van der Waals surface area contributed by atoms with E-state index in [1.54, 1.807) is 16.5 Å². The van der Waals surface area contributed by atoms with E-state index < -0.39 is 5.79 Å². The lowest BCUT2D eigenvalue weighted by atomic mass is 10.3. The molecule has 3 heterocycles. The van der Waals surface area contributed by atoms with Crippen LogP contribution in [0.5, 0.6) is 0 Å². The third kappa shape index (κ3) is 3.43. The maximum atomic E-state index is 5.72. The van der Waals surface area contributed by atoms with Gasteiger partial charge < -0.3 is 14.2 Å². The van der Waals surface area contributed by atoms with Crippen molar-refractivity contribution in [3.63, 3.8) is 0 Å². The minimum absolute atomic E-state index is 0.349. The molecule has 0 saturated carbocycles. The Hall–Kier alpha value is -1.14. The number of ether oxygens (including phenoxy) is 3. The standard InChI is InChI=1S/C11H16N6O3S2/c1-11(19-4-8(18-3)20-11)5-17-10(13-7-15-17)22-21-9-12-6-14-16(9)2/h6-8H,4-5H2,1-3H3. The Labute approximate surface area is 135 Å². The summed E-state index contributed by atoms with van der Waals surface area (Å²) in [7, 11) is 6.35. The quantitative estimate of drug-likeness (QED) is 0.710. The summed E-state index contributed by atoms with van der Waals surface area (Å²) in [6.45, 7) is 2.68. The predicted octanol–water partition coefficient (Wildman–Crippen LogP) is 0.941. The summed E-state index contributed by atoms with van der Waals surface area (Å²) < 4.78 is 20.0. The van der Waals surface area contributed by atoms with Gasteiger partial charge in [0.15, 0.2) is 22.4 Å². The molecule has 1 aliphatic heterocycles. The van der Waals surface area contributed by atoms with E-state index in [2.05, 4.69) is 20.2 Å². The van der Waals surface area contributed by atoms with Gasteiger partial charge in [-0.1, -0.05) is 0 Å². The summed E-state index contributed by atoms with van der Waals surface area (Å²) in [4.78, 5) is 8.41. The van der Waals surface area contributed by atoms with Gasteiger partial charge >= 0.3 is 0 Å². The van der Waals surface area contributed by atoms with Crippen molar-refractivity contribution in [3.8, 4) is 0 Å². The van der Waals surface area contributed by atoms with Crippen molar-refractivity contribution in [3.05, 3.63) is 12.7 Å². The first kappa shape index (κ1) is 15.7. The van der Waals surface area contributed by atoms with Gasteiger partial charge in [0.05, 0.1) is 6.54 Å². The van der Waals surface area contributed by atoms with E-state index in [4.69, 9.17) is 14.2 Å². The lowest BCUT2D eigenvalue weighted by molar-refractivity contribution is -0.202. The molecule has 2 atom stereocenters. The van der Waals surface area contributed by atoms with Crippen LogP contribution in [0.3, 0.4) is 0 Å². The van der Waals surface area contributed by atoms with E-state index in [-0.39, 0.29) is 6.29 Å². The third-order valence-electron chi connectivity index (χ3n) is 3.05. The van der Waals surface area contributed by atoms with Crippen molar-refractivity contribution in [2.45, 2.75) is 35.9 Å². The highest BCUT2D eigenvalue weighted by molar-refractivity contribution is 8.76. The van der Waals surface area contributed by atoms with Gasteiger partial charge in [-0.25, -0.2) is 19.3 Å². The Balaban J connectivity index is 1.64. The van der Waals surface area contributed by atoms with Gasteiger partial charge in [0.2, 0.25) is 0 Å². The van der Waals surface area contributed by atoms with Crippen molar-refractivity contribution >= 4 is 21.6 Å². The Morgan fingerprint density at radius 2 is 2.05 bits per heavy atom. The second-order valence-electron chi connectivity index (χ2n) is 4.76. The van der Waals surface area contributed by atoms with Crippen LogP contribution in [0.1, 0.15) is 6.92 Å². The largest absolute Gasteiger partial charge is 0.353 e. The molecule has 0 radical (unpaired) electrons. The number of hydrogen-bond donors (Lipinski definition) is 0. The molecule has 2 unspecified atom stereocenters. The minimum Gasteiger partial charge on any atom is -0.353 e. The van der Waals surface area contributed by atoms with Gasteiger partial charge in [-0.3, -0.25) is 0 Å². The van der Waals surface area contributed by atoms with Gasteiger partial charge in [-0.05, 0) is 28.5 Å². The maximum Gasteiger partial charge on any atom is 0.197 e. The summed E-state index contributed by atoms with van der Waals surface area (Å²) in [6.07, 6.45) is 2.67. The molecule has 2 aromatic rings. The van der Waals surface area contributed by atoms with Crippen molar-refractivity contribution in [2.24, 2.45) is 7.05 Å². The number of methoxy groups -OCH3 is 1. The lowest BCUT2D eigenvalue weighted by Crippen LogP contribution is -2.33. The topological polar surface area (TPSA) is 89.1 Å². The summed E-state index contributed by atoms with van der Waals surface area (Å²) >= 11 is 0. The van der Waals surface area contributed by atoms with Crippen LogP contribution in [0.4, 0.5) is 0 Å². The van der Waals surface area contributed by atoms with Crippen LogP contribution in [-0.4, -0.2) is 55.3 Å². The maximum absolute atomic E-state index is 5.72. The average molecular weight is 344 g/mol. The van der Waals surface area contributed by atoms with Crippen LogP contribution >= 0.6 is 21.6 Å². The smallest absolute Gasteiger partial charge is 0.197 e. The van der Waals surface area contributed by atoms with Crippen molar-refractivity contribution in [1.29, 1.82) is 0 Å². The second kappa shape index (κ2) is 6.54. The monoisotopic (exact) mass is 344 g/mol. The molecule has 0 amide bonds. The fourth-order valence-corrected chi connectivity index (χ4v) is 3.89. The predicted molar refractivity (Wildman–Crippen MR) is 79.0 cm³/mol. The Morgan fingerprint density at radius 1 is 1.32 bits per heavy atom. The molecule has 120 valence electrons. The fraction of sp³-hybridized carbons (Fsp3) is 0.636. The first-order valence-electron chi connectivity index (χ1n) is 6.50. The molecule has 2 aromatic heterocycles. The zero-order valence-corrected chi connectivity index (χ0v) is 14.0. The summed E-state index contributed by atoms with van der Waals surface area (Å²) in [6, 6.07) is 0. The van der Waals surface area contributed by atoms with E-state index >= 15 is 0 Å². The normalized spacial score (nSPS) is 25.0. The van der Waals surface area contributed by atoms with Crippen LogP contribution in [0.25, 0.3) is 0 Å². The van der Waals surface area contributed by atoms with Crippen molar-refractivity contribution in [1.82, 2.24) is 29.5 Å². The van der Waals surface area contributed by atoms with Crippen molar-refractivity contribution < 1.29 is 14.2 Å². The summed E-state index contributed by atoms with van der Waals surface area (Å²) in [5.74, 6) is -0.779. The molecule has 11 heteroatoms. The summed E-state index contributed by atoms with van der Waals surface area (Å²) in [5.41, 5.74) is 0. The van der Waals surface area contributed by atoms with E-state index in [1.165, 1.54) is 34.2 Å². The molecule has 0 aliphatic carbocycles. The average Bonchev–Trinajstić information content (AvgIpc) is 3.19. The van der Waals surface area contributed by atoms with Gasteiger partial charge in [0.1, 0.15) is 19.3 Å². The van der Waals surface area contributed by atoms with Gasteiger partial charge in [-0.2, -0.15) is 10.2 Å². The zero-order valence-electron chi connectivity index (χ0n) is 12.4. The molecular weight excluding hydrogens is 328 g/mol. The molecule has 1 saturated heterocycles. The number of hydrogen-bond acceptors (Lipinski definition) is 9. The molecule has 22 heavy (non-hydrogen) atoms. The minimum atomic E-state index is -0.779. The molecule has 1 fully saturated rings. The Bertz CT molecular complexity index is 635. The molecule has 1 aliphatic rings. The van der Waals surface area contributed by atoms with Crippen LogP contribution in [-0.2, 0) is 27.8 Å². The zero-order chi connectivity index (χ0) is 15.6. The van der Waals surface area contributed by atoms with E-state index in [0.717, 1.165) is 10.3 Å². The highest BCUT2D eigenvalue weighted by Crippen LogP contribution is 2.35. The summed E-state index contributed by atoms with van der Waals surface area (Å²) in [5, 5.41) is 9.78. The van der Waals surface area contributed by atoms with Crippen LogP contribution in [0.2, 0.25) is 0 Å². The highest BCUT2D eigenvalue weighted by atomic mass is 33.1. The van der Waals surface area contributed by atoms with E-state index in [9.17, 15) is 0 Å². The van der Waals surface area contributed by atoms with E-state index in [1.807, 2.05) is 14.0 Å². The number of aromatic nitrogens is 6. The number of aryl methyl sites for hydroxylation is 1.